The third-order valence-corrected chi connectivity index (χ3v) is 5.45. The zero-order valence-corrected chi connectivity index (χ0v) is 15.7. The molecule has 1 spiro atoms. The number of hydrogen-bond acceptors (Lipinski definition) is 5. The maximum Gasteiger partial charge on any atom is 0.270 e. The van der Waals surface area contributed by atoms with Crippen LogP contribution < -0.4 is 10.2 Å². The Balaban J connectivity index is 1.39. The molecular weight excluding hydrogens is 366 g/mol. The van der Waals surface area contributed by atoms with E-state index in [0.717, 1.165) is 37.2 Å². The second-order valence-electron chi connectivity index (χ2n) is 6.77. The molecule has 1 aromatic heterocycles. The fraction of sp³-hybridized carbons (Fsp3) is 0.400. The van der Waals surface area contributed by atoms with Gasteiger partial charge in [-0.1, -0.05) is 29.8 Å². The van der Waals surface area contributed by atoms with Crippen LogP contribution in [0.3, 0.4) is 0 Å². The summed E-state index contributed by atoms with van der Waals surface area (Å²) in [5, 5.41) is 3.52. The first kappa shape index (κ1) is 18.2. The molecule has 142 valence electrons. The highest BCUT2D eigenvalue weighted by molar-refractivity contribution is 6.31. The standard InChI is InChI=1S/C20H22ClN3O3/c21-17-4-2-1-3-15(17)14-23-19(25)18-13-16(5-8-22-18)24-9-6-20(7-10-24)26-11-12-27-20/h1-5,8,13H,6-7,9-12,14H2,(H,23,25). The Bertz CT molecular complexity index is 814. The summed E-state index contributed by atoms with van der Waals surface area (Å²) in [4.78, 5) is 19.0. The Morgan fingerprint density at radius 1 is 1.19 bits per heavy atom. The molecule has 7 heteroatoms. The van der Waals surface area contributed by atoms with Crippen molar-refractivity contribution in [2.45, 2.75) is 25.2 Å². The zero-order valence-electron chi connectivity index (χ0n) is 15.0. The van der Waals surface area contributed by atoms with E-state index >= 15 is 0 Å². The van der Waals surface area contributed by atoms with Crippen molar-refractivity contribution in [2.75, 3.05) is 31.2 Å². The van der Waals surface area contributed by atoms with Gasteiger partial charge in [0.1, 0.15) is 5.69 Å². The first-order chi connectivity index (χ1) is 13.2. The number of nitrogens with zero attached hydrogens (tertiary/aromatic N) is 2. The van der Waals surface area contributed by atoms with Crippen LogP contribution in [0.25, 0.3) is 0 Å². The molecule has 2 aliphatic heterocycles. The number of benzene rings is 1. The molecule has 27 heavy (non-hydrogen) atoms. The third-order valence-electron chi connectivity index (χ3n) is 5.08. The van der Waals surface area contributed by atoms with Crippen LogP contribution in [-0.4, -0.2) is 43.0 Å². The topological polar surface area (TPSA) is 63.7 Å². The Morgan fingerprint density at radius 3 is 2.67 bits per heavy atom. The number of hydrogen-bond donors (Lipinski definition) is 1. The average Bonchev–Trinajstić information content (AvgIpc) is 3.16. The zero-order chi connectivity index (χ0) is 18.7. The van der Waals surface area contributed by atoms with Gasteiger partial charge in [0.05, 0.1) is 13.2 Å². The number of anilines is 1. The molecule has 0 aliphatic carbocycles. The van der Waals surface area contributed by atoms with Crippen LogP contribution in [0.15, 0.2) is 42.6 Å². The summed E-state index contributed by atoms with van der Waals surface area (Å²) in [6, 6.07) is 11.2. The molecule has 0 radical (unpaired) electrons. The SMILES string of the molecule is O=C(NCc1ccccc1Cl)c1cc(N2CCC3(CC2)OCCO3)ccn1. The van der Waals surface area contributed by atoms with E-state index in [2.05, 4.69) is 15.2 Å². The number of carbonyl (C=O) groups is 1. The van der Waals surface area contributed by atoms with Crippen molar-refractivity contribution in [1.29, 1.82) is 0 Å². The molecule has 1 amide bonds. The number of amides is 1. The molecular formula is C20H22ClN3O3. The third kappa shape index (κ3) is 4.08. The van der Waals surface area contributed by atoms with Gasteiger partial charge in [0.15, 0.2) is 5.79 Å². The Hall–Kier alpha value is -2.15. The lowest BCUT2D eigenvalue weighted by molar-refractivity contribution is -0.169. The van der Waals surface area contributed by atoms with Crippen LogP contribution in [0.2, 0.25) is 5.02 Å². The minimum absolute atomic E-state index is 0.215. The van der Waals surface area contributed by atoms with Gasteiger partial charge in [-0.3, -0.25) is 9.78 Å². The molecule has 6 nitrogen and oxygen atoms in total. The highest BCUT2D eigenvalue weighted by atomic mass is 35.5. The van der Waals surface area contributed by atoms with Gasteiger partial charge < -0.3 is 19.7 Å². The molecule has 1 N–H and O–H groups in total. The van der Waals surface area contributed by atoms with Crippen LogP contribution in [-0.2, 0) is 16.0 Å². The molecule has 2 aromatic rings. The normalized spacial score (nSPS) is 18.6. The van der Waals surface area contributed by atoms with Crippen LogP contribution >= 0.6 is 11.6 Å². The van der Waals surface area contributed by atoms with E-state index in [0.29, 0.717) is 30.5 Å². The first-order valence-corrected chi connectivity index (χ1v) is 9.54. The monoisotopic (exact) mass is 387 g/mol. The molecule has 2 aliphatic rings. The summed E-state index contributed by atoms with van der Waals surface area (Å²) in [6.07, 6.45) is 3.32. The van der Waals surface area contributed by atoms with E-state index in [-0.39, 0.29) is 5.91 Å². The van der Waals surface area contributed by atoms with Gasteiger partial charge in [0.25, 0.3) is 5.91 Å². The van der Waals surface area contributed by atoms with Crippen LogP contribution in [0, 0.1) is 0 Å². The number of nitrogens with one attached hydrogen (secondary N) is 1. The number of carbonyl (C=O) groups excluding carboxylic acids is 1. The molecule has 0 unspecified atom stereocenters. The predicted octanol–water partition coefficient (Wildman–Crippen LogP) is 3.01. The van der Waals surface area contributed by atoms with Crippen molar-refractivity contribution >= 4 is 23.2 Å². The maximum absolute atomic E-state index is 12.5. The van der Waals surface area contributed by atoms with Gasteiger partial charge in [-0.2, -0.15) is 0 Å². The highest BCUT2D eigenvalue weighted by Crippen LogP contribution is 2.33. The van der Waals surface area contributed by atoms with Gasteiger partial charge in [-0.25, -0.2) is 0 Å². The number of aromatic nitrogens is 1. The summed E-state index contributed by atoms with van der Waals surface area (Å²) in [6.45, 7) is 3.36. The molecule has 0 bridgehead atoms. The van der Waals surface area contributed by atoms with Crippen molar-refractivity contribution in [3.05, 3.63) is 58.9 Å². The van der Waals surface area contributed by atoms with Crippen LogP contribution in [0.1, 0.15) is 28.9 Å². The minimum Gasteiger partial charge on any atom is -0.371 e. The van der Waals surface area contributed by atoms with E-state index in [9.17, 15) is 4.79 Å². The number of halogens is 1. The second-order valence-corrected chi connectivity index (χ2v) is 7.18. The number of rotatable bonds is 4. The Labute approximate surface area is 163 Å². The summed E-state index contributed by atoms with van der Waals surface area (Å²) >= 11 is 6.14. The molecule has 2 fully saturated rings. The largest absolute Gasteiger partial charge is 0.371 e. The van der Waals surface area contributed by atoms with E-state index < -0.39 is 5.79 Å². The summed E-state index contributed by atoms with van der Waals surface area (Å²) in [5.74, 6) is -0.619. The fourth-order valence-electron chi connectivity index (χ4n) is 3.54. The molecule has 0 atom stereocenters. The fourth-order valence-corrected chi connectivity index (χ4v) is 3.74. The van der Waals surface area contributed by atoms with Crippen molar-refractivity contribution in [3.63, 3.8) is 0 Å². The van der Waals surface area contributed by atoms with E-state index in [1.165, 1.54) is 0 Å². The van der Waals surface area contributed by atoms with Crippen molar-refractivity contribution in [3.8, 4) is 0 Å². The second kappa shape index (κ2) is 7.84. The first-order valence-electron chi connectivity index (χ1n) is 9.16. The minimum atomic E-state index is -0.404. The lowest BCUT2D eigenvalue weighted by Gasteiger charge is -2.38. The molecule has 0 saturated carbocycles. The van der Waals surface area contributed by atoms with E-state index in [4.69, 9.17) is 21.1 Å². The molecule has 1 aromatic carbocycles. The van der Waals surface area contributed by atoms with Gasteiger partial charge in [-0.15, -0.1) is 0 Å². The van der Waals surface area contributed by atoms with Gasteiger partial charge >= 0.3 is 0 Å². The van der Waals surface area contributed by atoms with E-state index in [1.54, 1.807) is 6.20 Å². The van der Waals surface area contributed by atoms with Gasteiger partial charge in [0, 0.05) is 49.4 Å². The summed E-state index contributed by atoms with van der Waals surface area (Å²) in [5.41, 5.74) is 2.26. The average molecular weight is 388 g/mol. The maximum atomic E-state index is 12.5. The van der Waals surface area contributed by atoms with Crippen LogP contribution in [0.4, 0.5) is 5.69 Å². The van der Waals surface area contributed by atoms with Crippen molar-refractivity contribution in [1.82, 2.24) is 10.3 Å². The van der Waals surface area contributed by atoms with Crippen molar-refractivity contribution < 1.29 is 14.3 Å². The Morgan fingerprint density at radius 2 is 1.93 bits per heavy atom. The van der Waals surface area contributed by atoms with E-state index in [1.807, 2.05) is 36.4 Å². The van der Waals surface area contributed by atoms with Gasteiger partial charge in [-0.05, 0) is 23.8 Å². The Kier molecular flexibility index (Phi) is 5.29. The smallest absolute Gasteiger partial charge is 0.270 e. The highest BCUT2D eigenvalue weighted by Gasteiger charge is 2.39. The molecule has 4 rings (SSSR count). The van der Waals surface area contributed by atoms with Gasteiger partial charge in [0.2, 0.25) is 0 Å². The lowest BCUT2D eigenvalue weighted by atomic mass is 10.0. The lowest BCUT2D eigenvalue weighted by Crippen LogP contribution is -2.45. The number of pyridine rings is 1. The number of piperidine rings is 1. The van der Waals surface area contributed by atoms with Crippen molar-refractivity contribution in [2.24, 2.45) is 0 Å². The summed E-state index contributed by atoms with van der Waals surface area (Å²) in [7, 11) is 0. The molecule has 3 heterocycles. The summed E-state index contributed by atoms with van der Waals surface area (Å²) < 4.78 is 11.6. The molecule has 2 saturated heterocycles. The number of ether oxygens (including phenoxy) is 2. The predicted molar refractivity (Wildman–Crippen MR) is 103 cm³/mol. The quantitative estimate of drug-likeness (QED) is 0.873. The van der Waals surface area contributed by atoms with Crippen LogP contribution in [0.5, 0.6) is 0 Å².